The van der Waals surface area contributed by atoms with Gasteiger partial charge in [-0.2, -0.15) is 0 Å². The molecule has 4 nitrogen and oxygen atoms in total. The molecule has 4 N–H and O–H groups in total. The van der Waals surface area contributed by atoms with Gasteiger partial charge in [0, 0.05) is 22.9 Å². The summed E-state index contributed by atoms with van der Waals surface area (Å²) in [4.78, 5) is 11.3. The van der Waals surface area contributed by atoms with Gasteiger partial charge in [-0.25, -0.2) is 0 Å². The number of carbonyl (C=O) groups is 1. The largest absolute Gasteiger partial charge is 0.508 e. The molecule has 0 aliphatic carbocycles. The van der Waals surface area contributed by atoms with Crippen molar-refractivity contribution in [2.75, 3.05) is 6.26 Å². The maximum absolute atomic E-state index is 10.5. The summed E-state index contributed by atoms with van der Waals surface area (Å²) in [7, 11) is 0. The smallest absolute Gasteiger partial charge is 0.303 e. The van der Waals surface area contributed by atoms with Crippen LogP contribution in [0.1, 0.15) is 24.4 Å². The lowest BCUT2D eigenvalue weighted by Gasteiger charge is -2.16. The van der Waals surface area contributed by atoms with E-state index in [0.717, 1.165) is 4.90 Å². The molecule has 0 aromatic heterocycles. The van der Waals surface area contributed by atoms with Crippen LogP contribution in [0.4, 0.5) is 0 Å². The predicted octanol–water partition coefficient (Wildman–Crippen LogP) is 1.98. The monoisotopic (exact) mass is 241 g/mol. The van der Waals surface area contributed by atoms with Crippen LogP contribution in [0.3, 0.4) is 0 Å². The number of carboxylic acid groups (broad SMARTS) is 1. The fourth-order valence-electron chi connectivity index (χ4n) is 1.51. The zero-order valence-corrected chi connectivity index (χ0v) is 9.83. The first-order chi connectivity index (χ1) is 7.56. The number of thioether (sulfide) groups is 1. The van der Waals surface area contributed by atoms with Crippen LogP contribution in [0.5, 0.6) is 5.75 Å². The normalized spacial score (nSPS) is 12.4. The fourth-order valence-corrected chi connectivity index (χ4v) is 2.20. The summed E-state index contributed by atoms with van der Waals surface area (Å²) >= 11 is 1.48. The van der Waals surface area contributed by atoms with Crippen molar-refractivity contribution < 1.29 is 15.0 Å². The summed E-state index contributed by atoms with van der Waals surface area (Å²) < 4.78 is 0. The van der Waals surface area contributed by atoms with Gasteiger partial charge >= 0.3 is 5.97 Å². The zero-order chi connectivity index (χ0) is 12.1. The van der Waals surface area contributed by atoms with E-state index in [2.05, 4.69) is 0 Å². The first kappa shape index (κ1) is 12.9. The van der Waals surface area contributed by atoms with Gasteiger partial charge in [0.05, 0.1) is 0 Å². The molecular formula is C11H15NO3S. The van der Waals surface area contributed by atoms with Gasteiger partial charge in [0.25, 0.3) is 0 Å². The van der Waals surface area contributed by atoms with Gasteiger partial charge in [-0.1, -0.05) is 6.07 Å². The van der Waals surface area contributed by atoms with E-state index in [4.69, 9.17) is 10.8 Å². The van der Waals surface area contributed by atoms with E-state index >= 15 is 0 Å². The molecule has 0 aliphatic rings. The van der Waals surface area contributed by atoms with Crippen molar-refractivity contribution in [3.8, 4) is 5.75 Å². The number of aromatic hydroxyl groups is 1. The third-order valence-corrected chi connectivity index (χ3v) is 3.10. The van der Waals surface area contributed by atoms with Gasteiger partial charge < -0.3 is 15.9 Å². The minimum Gasteiger partial charge on any atom is -0.508 e. The van der Waals surface area contributed by atoms with Gasteiger partial charge in [-0.05, 0) is 24.8 Å². The molecular weight excluding hydrogens is 226 g/mol. The minimum atomic E-state index is -0.878. The first-order valence-electron chi connectivity index (χ1n) is 4.89. The Balaban J connectivity index is 2.88. The summed E-state index contributed by atoms with van der Waals surface area (Å²) in [5, 5.41) is 18.3. The van der Waals surface area contributed by atoms with Crippen molar-refractivity contribution in [1.82, 2.24) is 0 Å². The third-order valence-electron chi connectivity index (χ3n) is 2.30. The van der Waals surface area contributed by atoms with E-state index in [0.29, 0.717) is 12.0 Å². The Morgan fingerprint density at radius 2 is 2.25 bits per heavy atom. The van der Waals surface area contributed by atoms with E-state index in [1.807, 2.05) is 12.3 Å². The standard InChI is InChI=1S/C11H15NO3S/c1-16-9-4-2-3-8(13)11(9)7(12)5-6-10(14)15/h2-4,7,13H,5-6,12H2,1H3,(H,14,15). The molecule has 88 valence electrons. The van der Waals surface area contributed by atoms with E-state index in [1.54, 1.807) is 12.1 Å². The van der Waals surface area contributed by atoms with Gasteiger partial charge in [0.2, 0.25) is 0 Å². The molecule has 1 atom stereocenters. The molecule has 1 unspecified atom stereocenters. The van der Waals surface area contributed by atoms with Crippen LogP contribution in [0.25, 0.3) is 0 Å². The van der Waals surface area contributed by atoms with Crippen LogP contribution in [-0.2, 0) is 4.79 Å². The molecule has 1 aromatic carbocycles. The van der Waals surface area contributed by atoms with Gasteiger partial charge in [0.1, 0.15) is 5.75 Å². The van der Waals surface area contributed by atoms with Crippen LogP contribution >= 0.6 is 11.8 Å². The van der Waals surface area contributed by atoms with Crippen LogP contribution in [0.15, 0.2) is 23.1 Å². The average Bonchev–Trinajstić information content (AvgIpc) is 2.25. The maximum atomic E-state index is 10.5. The number of hydrogen-bond donors (Lipinski definition) is 3. The van der Waals surface area contributed by atoms with Crippen molar-refractivity contribution in [3.63, 3.8) is 0 Å². The molecule has 0 heterocycles. The molecule has 0 bridgehead atoms. The van der Waals surface area contributed by atoms with Crippen LogP contribution in [0.2, 0.25) is 0 Å². The molecule has 0 saturated heterocycles. The number of rotatable bonds is 5. The lowest BCUT2D eigenvalue weighted by Crippen LogP contribution is -2.13. The molecule has 5 heteroatoms. The molecule has 0 radical (unpaired) electrons. The Morgan fingerprint density at radius 1 is 1.56 bits per heavy atom. The molecule has 0 fully saturated rings. The fraction of sp³-hybridized carbons (Fsp3) is 0.364. The Hall–Kier alpha value is -1.20. The Morgan fingerprint density at radius 3 is 2.81 bits per heavy atom. The summed E-state index contributed by atoms with van der Waals surface area (Å²) in [6.45, 7) is 0. The molecule has 16 heavy (non-hydrogen) atoms. The first-order valence-corrected chi connectivity index (χ1v) is 6.12. The lowest BCUT2D eigenvalue weighted by atomic mass is 10.0. The van der Waals surface area contributed by atoms with E-state index < -0.39 is 12.0 Å². The summed E-state index contributed by atoms with van der Waals surface area (Å²) in [6.07, 6.45) is 2.21. The van der Waals surface area contributed by atoms with Gasteiger partial charge in [-0.3, -0.25) is 4.79 Å². The van der Waals surface area contributed by atoms with Crippen molar-refractivity contribution in [2.45, 2.75) is 23.8 Å². The van der Waals surface area contributed by atoms with Crippen molar-refractivity contribution in [2.24, 2.45) is 5.73 Å². The number of benzene rings is 1. The molecule has 1 aromatic rings. The van der Waals surface area contributed by atoms with Crippen molar-refractivity contribution in [3.05, 3.63) is 23.8 Å². The van der Waals surface area contributed by atoms with Crippen LogP contribution in [0, 0.1) is 0 Å². The highest BCUT2D eigenvalue weighted by atomic mass is 32.2. The van der Waals surface area contributed by atoms with E-state index in [1.165, 1.54) is 11.8 Å². The topological polar surface area (TPSA) is 83.5 Å². The summed E-state index contributed by atoms with van der Waals surface area (Å²) in [6, 6.07) is 4.73. The minimum absolute atomic E-state index is 0.00330. The Kier molecular flexibility index (Phi) is 4.64. The maximum Gasteiger partial charge on any atom is 0.303 e. The number of aliphatic carboxylic acids is 1. The highest BCUT2D eigenvalue weighted by Crippen LogP contribution is 2.33. The third kappa shape index (κ3) is 3.15. The quantitative estimate of drug-likeness (QED) is 0.686. The lowest BCUT2D eigenvalue weighted by molar-refractivity contribution is -0.137. The summed E-state index contributed by atoms with van der Waals surface area (Å²) in [5.41, 5.74) is 6.52. The second-order valence-corrected chi connectivity index (χ2v) is 4.28. The highest BCUT2D eigenvalue weighted by Gasteiger charge is 2.16. The van der Waals surface area contributed by atoms with E-state index in [9.17, 15) is 9.90 Å². The number of phenolic OH excluding ortho intramolecular Hbond substituents is 1. The molecule has 0 aliphatic heterocycles. The SMILES string of the molecule is CSc1cccc(O)c1C(N)CCC(=O)O. The van der Waals surface area contributed by atoms with Gasteiger partial charge in [-0.15, -0.1) is 11.8 Å². The van der Waals surface area contributed by atoms with Crippen LogP contribution in [-0.4, -0.2) is 22.4 Å². The average molecular weight is 241 g/mol. The van der Waals surface area contributed by atoms with Crippen molar-refractivity contribution >= 4 is 17.7 Å². The number of hydrogen-bond acceptors (Lipinski definition) is 4. The zero-order valence-electron chi connectivity index (χ0n) is 9.01. The molecule has 0 amide bonds. The van der Waals surface area contributed by atoms with Crippen LogP contribution < -0.4 is 5.73 Å². The second kappa shape index (κ2) is 5.77. The van der Waals surface area contributed by atoms with Crippen molar-refractivity contribution in [1.29, 1.82) is 0 Å². The molecule has 0 saturated carbocycles. The highest BCUT2D eigenvalue weighted by molar-refractivity contribution is 7.98. The predicted molar refractivity (Wildman–Crippen MR) is 63.7 cm³/mol. The summed E-state index contributed by atoms with van der Waals surface area (Å²) in [5.74, 6) is -0.749. The Bertz CT molecular complexity index is 381. The van der Waals surface area contributed by atoms with Gasteiger partial charge in [0.15, 0.2) is 0 Å². The number of nitrogens with two attached hydrogens (primary N) is 1. The number of carboxylic acids is 1. The number of phenols is 1. The van der Waals surface area contributed by atoms with E-state index in [-0.39, 0.29) is 12.2 Å². The Labute approximate surface area is 98.5 Å². The second-order valence-electron chi connectivity index (χ2n) is 3.43. The molecule has 0 spiro atoms. The molecule has 1 rings (SSSR count).